The Kier molecular flexibility index (Phi) is 5.97. The van der Waals surface area contributed by atoms with Gasteiger partial charge in [0.2, 0.25) is 5.95 Å². The highest BCUT2D eigenvalue weighted by Crippen LogP contribution is 2.27. The van der Waals surface area contributed by atoms with E-state index in [0.29, 0.717) is 35.9 Å². The predicted molar refractivity (Wildman–Crippen MR) is 150 cm³/mol. The Hall–Kier alpha value is -4.42. The quantitative estimate of drug-likeness (QED) is 0.296. The van der Waals surface area contributed by atoms with Crippen molar-refractivity contribution >= 4 is 38.8 Å². The van der Waals surface area contributed by atoms with Crippen molar-refractivity contribution < 1.29 is 0 Å². The molecular formula is C29H29N7O2. The van der Waals surface area contributed by atoms with Crippen molar-refractivity contribution in [2.75, 3.05) is 18.0 Å². The van der Waals surface area contributed by atoms with E-state index < -0.39 is 11.2 Å². The van der Waals surface area contributed by atoms with Gasteiger partial charge in [0.05, 0.1) is 24.3 Å². The number of fused-ring (bicyclic) bond motifs is 4. The summed E-state index contributed by atoms with van der Waals surface area (Å²) in [4.78, 5) is 39.3. The summed E-state index contributed by atoms with van der Waals surface area (Å²) in [6.07, 6.45) is 1.89. The van der Waals surface area contributed by atoms with E-state index in [0.717, 1.165) is 41.1 Å². The van der Waals surface area contributed by atoms with Crippen molar-refractivity contribution in [1.29, 1.82) is 0 Å². The number of nitrogens with zero attached hydrogens (tertiary/aromatic N) is 6. The first-order valence-corrected chi connectivity index (χ1v) is 12.8. The number of hydrogen-bond donors (Lipinski definition) is 1. The lowest BCUT2D eigenvalue weighted by Gasteiger charge is -2.31. The van der Waals surface area contributed by atoms with Crippen LogP contribution in [-0.4, -0.2) is 42.8 Å². The number of imidazole rings is 1. The van der Waals surface area contributed by atoms with Crippen molar-refractivity contribution in [3.63, 3.8) is 0 Å². The first kappa shape index (κ1) is 23.9. The fraction of sp³-hybridized carbons (Fsp3) is 0.310. The minimum absolute atomic E-state index is 0.0296. The molecule has 1 unspecified atom stereocenters. The molecule has 5 aromatic rings. The third kappa shape index (κ3) is 3.85. The molecule has 0 amide bonds. The number of anilines is 1. The average molecular weight is 508 g/mol. The van der Waals surface area contributed by atoms with Gasteiger partial charge in [0.1, 0.15) is 0 Å². The van der Waals surface area contributed by atoms with Gasteiger partial charge < -0.3 is 10.6 Å². The zero-order valence-electron chi connectivity index (χ0n) is 21.5. The predicted octanol–water partition coefficient (Wildman–Crippen LogP) is 2.60. The van der Waals surface area contributed by atoms with E-state index in [-0.39, 0.29) is 12.6 Å². The Morgan fingerprint density at radius 2 is 1.74 bits per heavy atom. The van der Waals surface area contributed by atoms with Gasteiger partial charge in [-0.3, -0.25) is 23.5 Å². The van der Waals surface area contributed by atoms with Gasteiger partial charge >= 0.3 is 5.69 Å². The molecule has 3 aromatic heterocycles. The highest BCUT2D eigenvalue weighted by Gasteiger charge is 2.26. The summed E-state index contributed by atoms with van der Waals surface area (Å²) in [5, 5.41) is 2.97. The smallest absolute Gasteiger partial charge is 0.332 e. The SMILES string of the molecule is CC#CCn1c(N2CCCC(N)C2)nc2c1c(=O)n(Cc1nc3ccccc3c3ccccc13)c(=O)n2C. The molecule has 4 heterocycles. The molecule has 9 heteroatoms. The molecule has 0 bridgehead atoms. The molecule has 1 saturated heterocycles. The number of pyridine rings is 1. The van der Waals surface area contributed by atoms with Crippen molar-refractivity contribution in [2.24, 2.45) is 12.8 Å². The van der Waals surface area contributed by atoms with Gasteiger partial charge in [0.15, 0.2) is 11.2 Å². The zero-order valence-corrected chi connectivity index (χ0v) is 21.5. The standard InChI is InChI=1S/C29H29N7O2/c1-3-4-16-35-25-26(32-28(35)34-15-9-10-19(30)17-34)33(2)29(38)36(27(25)37)18-24-22-13-6-5-11-20(22)21-12-7-8-14-23(21)31-24/h5-8,11-14,19H,9-10,15-18,30H2,1-2H3. The van der Waals surface area contributed by atoms with Crippen LogP contribution in [0.1, 0.15) is 25.5 Å². The fourth-order valence-corrected chi connectivity index (χ4v) is 5.48. The van der Waals surface area contributed by atoms with E-state index >= 15 is 0 Å². The molecule has 192 valence electrons. The van der Waals surface area contributed by atoms with E-state index in [1.807, 2.05) is 53.1 Å². The number of piperidine rings is 1. The van der Waals surface area contributed by atoms with Crippen LogP contribution in [0.25, 0.3) is 32.8 Å². The third-order valence-corrected chi connectivity index (χ3v) is 7.36. The van der Waals surface area contributed by atoms with Crippen molar-refractivity contribution in [1.82, 2.24) is 23.7 Å². The number of benzene rings is 2. The summed E-state index contributed by atoms with van der Waals surface area (Å²) in [6, 6.07) is 15.9. The van der Waals surface area contributed by atoms with E-state index in [9.17, 15) is 9.59 Å². The summed E-state index contributed by atoms with van der Waals surface area (Å²) >= 11 is 0. The summed E-state index contributed by atoms with van der Waals surface area (Å²) in [5.41, 5.74) is 7.60. The topological polar surface area (TPSA) is 104 Å². The second-order valence-electron chi connectivity index (χ2n) is 9.80. The molecular weight excluding hydrogens is 478 g/mol. The Morgan fingerprint density at radius 1 is 1.00 bits per heavy atom. The highest BCUT2D eigenvalue weighted by molar-refractivity contribution is 6.06. The molecule has 9 nitrogen and oxygen atoms in total. The Bertz CT molecular complexity index is 1890. The van der Waals surface area contributed by atoms with Crippen LogP contribution in [-0.2, 0) is 20.1 Å². The van der Waals surface area contributed by atoms with Crippen molar-refractivity contribution in [3.8, 4) is 11.8 Å². The summed E-state index contributed by atoms with van der Waals surface area (Å²) in [6.45, 7) is 3.52. The van der Waals surface area contributed by atoms with Gasteiger partial charge in [-0.25, -0.2) is 4.79 Å². The monoisotopic (exact) mass is 507 g/mol. The van der Waals surface area contributed by atoms with E-state index in [1.54, 1.807) is 14.0 Å². The minimum atomic E-state index is -0.435. The molecule has 6 rings (SSSR count). The molecule has 1 fully saturated rings. The average Bonchev–Trinajstić information content (AvgIpc) is 3.33. The highest BCUT2D eigenvalue weighted by atomic mass is 16.2. The van der Waals surface area contributed by atoms with Gasteiger partial charge in [0, 0.05) is 37.0 Å². The lowest BCUT2D eigenvalue weighted by molar-refractivity contribution is 0.496. The summed E-state index contributed by atoms with van der Waals surface area (Å²) in [7, 11) is 1.65. The number of hydrogen-bond acceptors (Lipinski definition) is 6. The fourth-order valence-electron chi connectivity index (χ4n) is 5.48. The molecule has 0 aliphatic carbocycles. The van der Waals surface area contributed by atoms with Gasteiger partial charge in [0.25, 0.3) is 5.56 Å². The van der Waals surface area contributed by atoms with Crippen LogP contribution < -0.4 is 21.9 Å². The Balaban J connectivity index is 1.58. The number of nitrogens with two attached hydrogens (primary N) is 1. The minimum Gasteiger partial charge on any atom is -0.341 e. The maximum atomic E-state index is 14.0. The van der Waals surface area contributed by atoms with Gasteiger partial charge in [-0.15, -0.1) is 5.92 Å². The Labute approximate surface area is 219 Å². The van der Waals surface area contributed by atoms with E-state index in [1.165, 1.54) is 9.13 Å². The van der Waals surface area contributed by atoms with Gasteiger partial charge in [-0.1, -0.05) is 48.4 Å². The largest absolute Gasteiger partial charge is 0.341 e. The number of para-hydroxylation sites is 1. The molecule has 1 atom stereocenters. The lowest BCUT2D eigenvalue weighted by atomic mass is 10.0. The summed E-state index contributed by atoms with van der Waals surface area (Å²) in [5.74, 6) is 6.62. The first-order chi connectivity index (χ1) is 18.5. The van der Waals surface area contributed by atoms with Crippen LogP contribution in [0.2, 0.25) is 0 Å². The van der Waals surface area contributed by atoms with Crippen LogP contribution >= 0.6 is 0 Å². The van der Waals surface area contributed by atoms with Crippen LogP contribution in [0.3, 0.4) is 0 Å². The Morgan fingerprint density at radius 3 is 2.50 bits per heavy atom. The zero-order chi connectivity index (χ0) is 26.4. The van der Waals surface area contributed by atoms with Gasteiger partial charge in [-0.2, -0.15) is 4.98 Å². The van der Waals surface area contributed by atoms with Crippen LogP contribution in [0.4, 0.5) is 5.95 Å². The summed E-state index contributed by atoms with van der Waals surface area (Å²) < 4.78 is 4.53. The molecule has 0 spiro atoms. The van der Waals surface area contributed by atoms with Gasteiger partial charge in [-0.05, 0) is 31.2 Å². The lowest BCUT2D eigenvalue weighted by Crippen LogP contribution is -2.44. The van der Waals surface area contributed by atoms with Crippen LogP contribution in [0.15, 0.2) is 58.1 Å². The maximum Gasteiger partial charge on any atom is 0.332 e. The normalized spacial score (nSPS) is 15.8. The molecule has 2 aromatic carbocycles. The van der Waals surface area contributed by atoms with Crippen LogP contribution in [0.5, 0.6) is 0 Å². The molecule has 38 heavy (non-hydrogen) atoms. The second kappa shape index (κ2) is 9.47. The number of aryl methyl sites for hydroxylation is 1. The van der Waals surface area contributed by atoms with E-state index in [2.05, 4.69) is 16.7 Å². The van der Waals surface area contributed by atoms with Crippen molar-refractivity contribution in [3.05, 3.63) is 75.1 Å². The maximum absolute atomic E-state index is 14.0. The third-order valence-electron chi connectivity index (χ3n) is 7.36. The second-order valence-corrected chi connectivity index (χ2v) is 9.80. The first-order valence-electron chi connectivity index (χ1n) is 12.8. The molecule has 0 saturated carbocycles. The molecule has 0 radical (unpaired) electrons. The number of rotatable bonds is 4. The molecule has 1 aliphatic rings. The van der Waals surface area contributed by atoms with Crippen molar-refractivity contribution in [2.45, 2.75) is 38.9 Å². The molecule has 1 aliphatic heterocycles. The van der Waals surface area contributed by atoms with E-state index in [4.69, 9.17) is 15.7 Å². The number of aromatic nitrogens is 5. The molecule has 2 N–H and O–H groups in total. The van der Waals surface area contributed by atoms with Crippen LogP contribution in [0, 0.1) is 11.8 Å².